The molecule has 0 N–H and O–H groups in total. The molecule has 0 amide bonds. The second kappa shape index (κ2) is 5.25. The van der Waals surface area contributed by atoms with Crippen LogP contribution < -0.4 is 4.74 Å². The van der Waals surface area contributed by atoms with Crippen LogP contribution in [0.2, 0.25) is 10.0 Å². The Hall–Kier alpha value is -0.770. The van der Waals surface area contributed by atoms with Crippen LogP contribution in [-0.4, -0.2) is 4.98 Å². The average molecular weight is 333 g/mol. The van der Waals surface area contributed by atoms with Gasteiger partial charge in [-0.25, -0.2) is 4.98 Å². The molecule has 88 valence electrons. The Morgan fingerprint density at radius 2 is 1.94 bits per heavy atom. The number of nitrogens with zero attached hydrogens (tertiary/aromatic N) is 1. The van der Waals surface area contributed by atoms with Gasteiger partial charge in [-0.05, 0) is 47.1 Å². The van der Waals surface area contributed by atoms with Gasteiger partial charge in [-0.3, -0.25) is 0 Å². The maximum Gasteiger partial charge on any atom is 0.219 e. The highest BCUT2D eigenvalue weighted by molar-refractivity contribution is 9.10. The highest BCUT2D eigenvalue weighted by Crippen LogP contribution is 2.31. The summed E-state index contributed by atoms with van der Waals surface area (Å²) in [5.41, 5.74) is 0.854. The predicted molar refractivity (Wildman–Crippen MR) is 73.2 cm³/mol. The van der Waals surface area contributed by atoms with E-state index < -0.39 is 0 Å². The van der Waals surface area contributed by atoms with E-state index in [0.717, 1.165) is 10.2 Å². The molecule has 2 rings (SSSR count). The first-order chi connectivity index (χ1) is 8.06. The van der Waals surface area contributed by atoms with Crippen LogP contribution in [0, 0.1) is 6.92 Å². The first kappa shape index (κ1) is 12.7. The van der Waals surface area contributed by atoms with Crippen molar-refractivity contribution in [1.29, 1.82) is 0 Å². The highest BCUT2D eigenvalue weighted by Gasteiger charge is 2.06. The van der Waals surface area contributed by atoms with E-state index in [1.165, 1.54) is 0 Å². The fourth-order valence-corrected chi connectivity index (χ4v) is 1.92. The predicted octanol–water partition coefficient (Wildman–Crippen LogP) is 5.25. The number of aromatic nitrogens is 1. The minimum absolute atomic E-state index is 0.458. The molecule has 2 aromatic rings. The molecule has 0 aliphatic rings. The fraction of sp³-hybridized carbons (Fsp3) is 0.0833. The molecule has 0 bridgehead atoms. The molecule has 1 aromatic carbocycles. The van der Waals surface area contributed by atoms with Crippen molar-refractivity contribution >= 4 is 39.1 Å². The first-order valence-corrected chi connectivity index (χ1v) is 6.37. The minimum Gasteiger partial charge on any atom is -0.437 e. The molecule has 5 heteroatoms. The smallest absolute Gasteiger partial charge is 0.219 e. The third kappa shape index (κ3) is 3.12. The van der Waals surface area contributed by atoms with Crippen LogP contribution >= 0.6 is 39.1 Å². The van der Waals surface area contributed by atoms with Crippen LogP contribution in [-0.2, 0) is 0 Å². The largest absolute Gasteiger partial charge is 0.437 e. The van der Waals surface area contributed by atoms with Crippen molar-refractivity contribution in [1.82, 2.24) is 4.98 Å². The first-order valence-electron chi connectivity index (χ1n) is 4.82. The second-order valence-corrected chi connectivity index (χ2v) is 5.09. The van der Waals surface area contributed by atoms with Gasteiger partial charge in [0.2, 0.25) is 5.88 Å². The lowest BCUT2D eigenvalue weighted by Crippen LogP contribution is -1.91. The van der Waals surface area contributed by atoms with Crippen LogP contribution in [0.4, 0.5) is 0 Å². The van der Waals surface area contributed by atoms with Gasteiger partial charge in [0.15, 0.2) is 0 Å². The molecule has 1 aromatic heterocycles. The fourth-order valence-electron chi connectivity index (χ4n) is 1.25. The monoisotopic (exact) mass is 331 g/mol. The molecule has 0 atom stereocenters. The Labute approximate surface area is 118 Å². The number of benzene rings is 1. The lowest BCUT2D eigenvalue weighted by molar-refractivity contribution is 0.461. The molecular formula is C12H8BrCl2NO. The van der Waals surface area contributed by atoms with Gasteiger partial charge in [-0.15, -0.1) is 0 Å². The van der Waals surface area contributed by atoms with Gasteiger partial charge in [0.25, 0.3) is 0 Å². The number of rotatable bonds is 2. The van der Waals surface area contributed by atoms with E-state index in [0.29, 0.717) is 21.7 Å². The van der Waals surface area contributed by atoms with Gasteiger partial charge in [0.1, 0.15) is 5.75 Å². The molecule has 0 radical (unpaired) electrons. The van der Waals surface area contributed by atoms with Crippen LogP contribution in [0.15, 0.2) is 34.8 Å². The minimum atomic E-state index is 0.458. The van der Waals surface area contributed by atoms with Crippen LogP contribution in [0.1, 0.15) is 5.69 Å². The molecule has 0 saturated heterocycles. The molecular weight excluding hydrogens is 325 g/mol. The van der Waals surface area contributed by atoms with Crippen molar-refractivity contribution in [2.24, 2.45) is 0 Å². The van der Waals surface area contributed by atoms with Gasteiger partial charge in [-0.1, -0.05) is 23.2 Å². The zero-order valence-corrected chi connectivity index (χ0v) is 12.0. The van der Waals surface area contributed by atoms with E-state index in [1.807, 2.05) is 13.0 Å². The van der Waals surface area contributed by atoms with E-state index in [9.17, 15) is 0 Å². The summed E-state index contributed by atoms with van der Waals surface area (Å²) in [6.45, 7) is 1.89. The van der Waals surface area contributed by atoms with Gasteiger partial charge >= 0.3 is 0 Å². The van der Waals surface area contributed by atoms with Gasteiger partial charge in [0, 0.05) is 15.6 Å². The zero-order valence-electron chi connectivity index (χ0n) is 8.88. The number of halogens is 3. The summed E-state index contributed by atoms with van der Waals surface area (Å²) in [5, 5.41) is 1.03. The number of pyridine rings is 1. The van der Waals surface area contributed by atoms with Crippen LogP contribution in [0.5, 0.6) is 11.6 Å². The third-order valence-corrected chi connectivity index (χ3v) is 3.47. The average Bonchev–Trinajstić information content (AvgIpc) is 2.27. The summed E-state index contributed by atoms with van der Waals surface area (Å²) < 4.78 is 6.51. The molecule has 1 heterocycles. The summed E-state index contributed by atoms with van der Waals surface area (Å²) >= 11 is 15.2. The number of hydrogen-bond acceptors (Lipinski definition) is 2. The Balaban J connectivity index is 2.28. The van der Waals surface area contributed by atoms with E-state index >= 15 is 0 Å². The summed E-state index contributed by atoms with van der Waals surface area (Å²) in [5.74, 6) is 1.03. The molecule has 2 nitrogen and oxygen atoms in total. The second-order valence-electron chi connectivity index (χ2n) is 3.39. The van der Waals surface area contributed by atoms with Crippen molar-refractivity contribution in [3.8, 4) is 11.6 Å². The van der Waals surface area contributed by atoms with Crippen molar-refractivity contribution in [3.63, 3.8) is 0 Å². The summed E-state index contributed by atoms with van der Waals surface area (Å²) in [6, 6.07) is 8.70. The van der Waals surface area contributed by atoms with E-state index in [-0.39, 0.29) is 0 Å². The van der Waals surface area contributed by atoms with Crippen molar-refractivity contribution in [3.05, 3.63) is 50.5 Å². The van der Waals surface area contributed by atoms with E-state index in [1.54, 1.807) is 24.3 Å². The number of ether oxygens (including phenoxy) is 1. The normalized spacial score (nSPS) is 10.4. The van der Waals surface area contributed by atoms with E-state index in [4.69, 9.17) is 27.9 Å². The van der Waals surface area contributed by atoms with Crippen molar-refractivity contribution in [2.45, 2.75) is 6.92 Å². The quantitative estimate of drug-likeness (QED) is 0.749. The molecule has 0 aliphatic carbocycles. The molecule has 0 saturated carbocycles. The van der Waals surface area contributed by atoms with Gasteiger partial charge in [-0.2, -0.15) is 0 Å². The summed E-state index contributed by atoms with van der Waals surface area (Å²) in [7, 11) is 0. The molecule has 0 fully saturated rings. The molecule has 17 heavy (non-hydrogen) atoms. The lowest BCUT2D eigenvalue weighted by Gasteiger charge is -2.07. The SMILES string of the molecule is Cc1nc(Oc2ccc(Cl)cc2Cl)ccc1Br. The zero-order chi connectivity index (χ0) is 12.4. The van der Waals surface area contributed by atoms with Crippen LogP contribution in [0.3, 0.4) is 0 Å². The summed E-state index contributed by atoms with van der Waals surface area (Å²) in [6.07, 6.45) is 0. The van der Waals surface area contributed by atoms with Gasteiger partial charge < -0.3 is 4.74 Å². The van der Waals surface area contributed by atoms with Gasteiger partial charge in [0.05, 0.1) is 10.7 Å². The number of hydrogen-bond donors (Lipinski definition) is 0. The topological polar surface area (TPSA) is 22.1 Å². The molecule has 0 unspecified atom stereocenters. The Morgan fingerprint density at radius 1 is 1.18 bits per heavy atom. The molecule has 0 aliphatic heterocycles. The number of aryl methyl sites for hydroxylation is 1. The Bertz CT molecular complexity index is 560. The van der Waals surface area contributed by atoms with Crippen molar-refractivity contribution < 1.29 is 4.74 Å². The van der Waals surface area contributed by atoms with E-state index in [2.05, 4.69) is 20.9 Å². The third-order valence-electron chi connectivity index (χ3n) is 2.10. The standard InChI is InChI=1S/C12H8BrCl2NO/c1-7-9(13)3-5-12(16-7)17-11-4-2-8(14)6-10(11)15/h2-6H,1H3. The maximum atomic E-state index is 6.00. The Morgan fingerprint density at radius 3 is 2.59 bits per heavy atom. The molecule has 0 spiro atoms. The highest BCUT2D eigenvalue weighted by atomic mass is 79.9. The van der Waals surface area contributed by atoms with Crippen LogP contribution in [0.25, 0.3) is 0 Å². The Kier molecular flexibility index (Phi) is 3.92. The lowest BCUT2D eigenvalue weighted by atomic mass is 10.3. The van der Waals surface area contributed by atoms with Crippen molar-refractivity contribution in [2.75, 3.05) is 0 Å². The maximum absolute atomic E-state index is 6.00. The summed E-state index contributed by atoms with van der Waals surface area (Å²) in [4.78, 5) is 4.27.